The second-order valence-electron chi connectivity index (χ2n) is 9.05. The molecule has 178 valence electrons. The van der Waals surface area contributed by atoms with Crippen molar-refractivity contribution in [3.05, 3.63) is 106 Å². The van der Waals surface area contributed by atoms with Gasteiger partial charge in [-0.15, -0.1) is 0 Å². The first-order valence-electron chi connectivity index (χ1n) is 12.1. The van der Waals surface area contributed by atoms with E-state index in [0.29, 0.717) is 19.5 Å². The first-order chi connectivity index (χ1) is 16.4. The summed E-state index contributed by atoms with van der Waals surface area (Å²) < 4.78 is 0. The highest BCUT2D eigenvalue weighted by molar-refractivity contribution is 5.89. The number of benzene rings is 3. The summed E-state index contributed by atoms with van der Waals surface area (Å²) in [6.45, 7) is 9.13. The number of carbonyl (C=O) groups excluding carboxylic acids is 2. The minimum absolute atomic E-state index is 0.0375. The summed E-state index contributed by atoms with van der Waals surface area (Å²) in [6, 6.07) is 23.6. The van der Waals surface area contributed by atoms with Gasteiger partial charge in [-0.3, -0.25) is 9.59 Å². The maximum absolute atomic E-state index is 13.8. The number of rotatable bonds is 10. The number of amides is 2. The van der Waals surface area contributed by atoms with Crippen LogP contribution in [0.4, 0.5) is 0 Å². The summed E-state index contributed by atoms with van der Waals surface area (Å²) in [5.74, 6) is -0.141. The van der Waals surface area contributed by atoms with Crippen molar-refractivity contribution in [2.45, 2.75) is 59.5 Å². The van der Waals surface area contributed by atoms with Crippen molar-refractivity contribution < 1.29 is 9.59 Å². The van der Waals surface area contributed by atoms with Crippen LogP contribution in [-0.2, 0) is 29.0 Å². The zero-order valence-corrected chi connectivity index (χ0v) is 20.8. The Morgan fingerprint density at radius 2 is 1.53 bits per heavy atom. The molecule has 0 unspecified atom stereocenters. The van der Waals surface area contributed by atoms with Gasteiger partial charge in [0.25, 0.3) is 0 Å². The van der Waals surface area contributed by atoms with Crippen LogP contribution in [0.5, 0.6) is 0 Å². The van der Waals surface area contributed by atoms with E-state index in [1.54, 1.807) is 4.90 Å². The van der Waals surface area contributed by atoms with Crippen LogP contribution in [-0.4, -0.2) is 29.3 Å². The molecule has 0 aliphatic carbocycles. The Morgan fingerprint density at radius 3 is 2.24 bits per heavy atom. The largest absolute Gasteiger partial charge is 0.354 e. The van der Waals surface area contributed by atoms with Crippen molar-refractivity contribution in [1.29, 1.82) is 0 Å². The lowest BCUT2D eigenvalue weighted by molar-refractivity contribution is -0.140. The maximum atomic E-state index is 13.8. The fraction of sp³-hybridized carbons (Fsp3) is 0.333. The first-order valence-corrected chi connectivity index (χ1v) is 12.1. The van der Waals surface area contributed by atoms with E-state index in [9.17, 15) is 9.59 Å². The Morgan fingerprint density at radius 1 is 0.853 bits per heavy atom. The molecular weight excluding hydrogens is 420 g/mol. The normalized spacial score (nSPS) is 11.6. The molecule has 4 heteroatoms. The Bertz CT molecular complexity index is 1110. The van der Waals surface area contributed by atoms with E-state index in [-0.39, 0.29) is 18.2 Å². The summed E-state index contributed by atoms with van der Waals surface area (Å²) in [5.41, 5.74) is 6.42. The second kappa shape index (κ2) is 12.2. The molecule has 0 aromatic heterocycles. The SMILES string of the molecule is CCCNC(=O)[C@@H](Cc1ccccc1)N(Cc1ccccc1C)C(=O)Cc1cc(C)ccc1C. The molecule has 0 radical (unpaired) electrons. The molecule has 1 atom stereocenters. The van der Waals surface area contributed by atoms with Gasteiger partial charge in [0.1, 0.15) is 6.04 Å². The number of carbonyl (C=O) groups is 2. The molecule has 1 N–H and O–H groups in total. The highest BCUT2D eigenvalue weighted by atomic mass is 16.2. The third kappa shape index (κ3) is 6.80. The topological polar surface area (TPSA) is 49.4 Å². The van der Waals surface area contributed by atoms with Crippen LogP contribution in [0.1, 0.15) is 46.7 Å². The van der Waals surface area contributed by atoms with Crippen LogP contribution in [0.15, 0.2) is 72.8 Å². The number of aryl methyl sites for hydroxylation is 3. The summed E-state index contributed by atoms with van der Waals surface area (Å²) in [4.78, 5) is 29.0. The molecule has 0 saturated heterocycles. The zero-order valence-electron chi connectivity index (χ0n) is 20.8. The van der Waals surface area contributed by atoms with E-state index in [4.69, 9.17) is 0 Å². The van der Waals surface area contributed by atoms with Crippen molar-refractivity contribution in [3.63, 3.8) is 0 Å². The molecule has 0 spiro atoms. The summed E-state index contributed by atoms with van der Waals surface area (Å²) in [6.07, 6.45) is 1.59. The fourth-order valence-corrected chi connectivity index (χ4v) is 4.15. The fourth-order valence-electron chi connectivity index (χ4n) is 4.15. The lowest BCUT2D eigenvalue weighted by atomic mass is 9.98. The van der Waals surface area contributed by atoms with Gasteiger partial charge in [-0.2, -0.15) is 0 Å². The molecule has 34 heavy (non-hydrogen) atoms. The van der Waals surface area contributed by atoms with E-state index in [2.05, 4.69) is 23.5 Å². The highest BCUT2D eigenvalue weighted by Gasteiger charge is 2.30. The van der Waals surface area contributed by atoms with Gasteiger partial charge in [-0.25, -0.2) is 0 Å². The van der Waals surface area contributed by atoms with Crippen LogP contribution >= 0.6 is 0 Å². The molecule has 3 aromatic carbocycles. The van der Waals surface area contributed by atoms with Crippen molar-refractivity contribution >= 4 is 11.8 Å². The summed E-state index contributed by atoms with van der Waals surface area (Å²) in [5, 5.41) is 3.04. The number of nitrogens with one attached hydrogen (secondary N) is 1. The molecule has 3 aromatic rings. The standard InChI is InChI=1S/C30H36N2O2/c1-5-17-31-30(34)28(19-25-12-7-6-8-13-25)32(21-26-14-10-9-11-23(26)3)29(33)20-27-18-22(2)15-16-24(27)4/h6-16,18,28H,5,17,19-21H2,1-4H3,(H,31,34)/t28-/m1/s1. The van der Waals surface area contributed by atoms with Crippen LogP contribution in [0, 0.1) is 20.8 Å². The predicted octanol–water partition coefficient (Wildman–Crippen LogP) is 5.32. The molecule has 2 amide bonds. The highest BCUT2D eigenvalue weighted by Crippen LogP contribution is 2.20. The van der Waals surface area contributed by atoms with Crippen LogP contribution in [0.25, 0.3) is 0 Å². The molecule has 0 saturated carbocycles. The zero-order chi connectivity index (χ0) is 24.5. The van der Waals surface area contributed by atoms with Crippen molar-refractivity contribution in [2.24, 2.45) is 0 Å². The average Bonchev–Trinajstić information content (AvgIpc) is 2.83. The van der Waals surface area contributed by atoms with Gasteiger partial charge in [0.05, 0.1) is 6.42 Å². The third-order valence-electron chi connectivity index (χ3n) is 6.27. The molecule has 0 aliphatic heterocycles. The van der Waals surface area contributed by atoms with E-state index in [0.717, 1.165) is 39.8 Å². The van der Waals surface area contributed by atoms with Gasteiger partial charge in [0.15, 0.2) is 0 Å². The number of nitrogens with zero attached hydrogens (tertiary/aromatic N) is 1. The number of hydrogen-bond donors (Lipinski definition) is 1. The Kier molecular flexibility index (Phi) is 9.03. The molecular formula is C30H36N2O2. The Balaban J connectivity index is 1.99. The minimum Gasteiger partial charge on any atom is -0.354 e. The lowest BCUT2D eigenvalue weighted by Crippen LogP contribution is -2.51. The van der Waals surface area contributed by atoms with Gasteiger partial charge in [-0.1, -0.05) is 85.3 Å². The average molecular weight is 457 g/mol. The second-order valence-corrected chi connectivity index (χ2v) is 9.05. The third-order valence-corrected chi connectivity index (χ3v) is 6.27. The molecule has 0 bridgehead atoms. The van der Waals surface area contributed by atoms with Crippen molar-refractivity contribution in [1.82, 2.24) is 10.2 Å². The van der Waals surface area contributed by atoms with Crippen molar-refractivity contribution in [2.75, 3.05) is 6.54 Å². The van der Waals surface area contributed by atoms with E-state index in [1.165, 1.54) is 0 Å². The summed E-state index contributed by atoms with van der Waals surface area (Å²) >= 11 is 0. The van der Waals surface area contributed by atoms with Gasteiger partial charge in [0, 0.05) is 19.5 Å². The monoisotopic (exact) mass is 456 g/mol. The van der Waals surface area contributed by atoms with Crippen LogP contribution in [0.3, 0.4) is 0 Å². The molecule has 0 aliphatic rings. The Labute approximate surface area is 204 Å². The van der Waals surface area contributed by atoms with Crippen LogP contribution < -0.4 is 5.32 Å². The van der Waals surface area contributed by atoms with E-state index >= 15 is 0 Å². The van der Waals surface area contributed by atoms with E-state index < -0.39 is 6.04 Å². The van der Waals surface area contributed by atoms with Crippen molar-refractivity contribution in [3.8, 4) is 0 Å². The first kappa shape index (κ1) is 25.2. The predicted molar refractivity (Wildman–Crippen MR) is 139 cm³/mol. The summed E-state index contributed by atoms with van der Waals surface area (Å²) in [7, 11) is 0. The molecule has 0 fully saturated rings. The van der Waals surface area contributed by atoms with Gasteiger partial charge < -0.3 is 10.2 Å². The number of hydrogen-bond acceptors (Lipinski definition) is 2. The smallest absolute Gasteiger partial charge is 0.243 e. The van der Waals surface area contributed by atoms with Gasteiger partial charge in [0.2, 0.25) is 11.8 Å². The molecule has 4 nitrogen and oxygen atoms in total. The van der Waals surface area contributed by atoms with Gasteiger partial charge in [-0.05, 0) is 55.0 Å². The molecule has 3 rings (SSSR count). The quantitative estimate of drug-likeness (QED) is 0.449. The van der Waals surface area contributed by atoms with Crippen LogP contribution in [0.2, 0.25) is 0 Å². The minimum atomic E-state index is -0.592. The molecule has 0 heterocycles. The lowest BCUT2D eigenvalue weighted by Gasteiger charge is -2.32. The van der Waals surface area contributed by atoms with E-state index in [1.807, 2.05) is 82.3 Å². The van der Waals surface area contributed by atoms with Gasteiger partial charge >= 0.3 is 0 Å². The maximum Gasteiger partial charge on any atom is 0.243 e. The Hall–Kier alpha value is -3.40.